The number of terminal acetylenes is 1. The van der Waals surface area contributed by atoms with Crippen LogP contribution in [0.2, 0.25) is 0 Å². The van der Waals surface area contributed by atoms with E-state index in [4.69, 9.17) is 6.42 Å². The molecule has 84 valence electrons. The molecule has 0 unspecified atom stereocenters. The van der Waals surface area contributed by atoms with Crippen LogP contribution in [-0.4, -0.2) is 33.2 Å². The zero-order chi connectivity index (χ0) is 11.5. The fourth-order valence-electron chi connectivity index (χ4n) is 1.57. The van der Waals surface area contributed by atoms with Crippen molar-refractivity contribution < 1.29 is 17.4 Å². The van der Waals surface area contributed by atoms with Gasteiger partial charge in [-0.15, -0.1) is 12.3 Å². The van der Waals surface area contributed by atoms with E-state index in [0.717, 1.165) is 7.11 Å². The highest BCUT2D eigenvalue weighted by atomic mass is 32.2. The third kappa shape index (κ3) is 3.22. The zero-order valence-electron chi connectivity index (χ0n) is 8.39. The molecule has 1 rings (SSSR count). The van der Waals surface area contributed by atoms with Gasteiger partial charge in [-0.05, 0) is 6.42 Å². The molecule has 1 fully saturated rings. The van der Waals surface area contributed by atoms with E-state index in [1.54, 1.807) is 0 Å². The molecule has 1 saturated heterocycles. The molecule has 1 N–H and O–H groups in total. The highest BCUT2D eigenvalue weighted by Crippen LogP contribution is 2.19. The molecule has 0 aliphatic carbocycles. The molecule has 0 aromatic carbocycles. The van der Waals surface area contributed by atoms with Crippen molar-refractivity contribution in [1.82, 2.24) is 5.32 Å². The van der Waals surface area contributed by atoms with Gasteiger partial charge in [0.05, 0.1) is 18.8 Å². The largest absolute Gasteiger partial charge is 0.352 e. The minimum Gasteiger partial charge on any atom is -0.352 e. The van der Waals surface area contributed by atoms with Gasteiger partial charge in [-0.1, -0.05) is 0 Å². The van der Waals surface area contributed by atoms with E-state index in [0.29, 0.717) is 12.8 Å². The topological polar surface area (TPSA) is 72.5 Å². The van der Waals surface area contributed by atoms with Gasteiger partial charge >= 0.3 is 0 Å². The van der Waals surface area contributed by atoms with Crippen molar-refractivity contribution in [2.45, 2.75) is 18.9 Å². The maximum absolute atomic E-state index is 11.3. The summed E-state index contributed by atoms with van der Waals surface area (Å²) in [6.07, 6.45) is 5.89. The number of rotatable bonds is 4. The summed E-state index contributed by atoms with van der Waals surface area (Å²) in [6.45, 7) is 0. The number of hydrogen-bond acceptors (Lipinski definition) is 4. The van der Waals surface area contributed by atoms with E-state index in [1.807, 2.05) is 0 Å². The summed E-state index contributed by atoms with van der Waals surface area (Å²) < 4.78 is 26.5. The van der Waals surface area contributed by atoms with Crippen molar-refractivity contribution in [3.05, 3.63) is 0 Å². The maximum Gasteiger partial charge on any atom is 0.269 e. The normalized spacial score (nSPS) is 26.0. The molecule has 0 spiro atoms. The van der Waals surface area contributed by atoms with Crippen molar-refractivity contribution in [3.63, 3.8) is 0 Å². The summed E-state index contributed by atoms with van der Waals surface area (Å²) >= 11 is 0. The highest BCUT2D eigenvalue weighted by Gasteiger charge is 2.33. The van der Waals surface area contributed by atoms with Crippen LogP contribution in [0.4, 0.5) is 0 Å². The van der Waals surface area contributed by atoms with Crippen LogP contribution >= 0.6 is 0 Å². The summed E-state index contributed by atoms with van der Waals surface area (Å²) in [5, 5.41) is 2.59. The van der Waals surface area contributed by atoms with Crippen LogP contribution in [0.15, 0.2) is 0 Å². The third-order valence-electron chi connectivity index (χ3n) is 2.31. The van der Waals surface area contributed by atoms with Crippen molar-refractivity contribution >= 4 is 16.0 Å². The molecule has 1 amide bonds. The first-order valence-electron chi connectivity index (χ1n) is 4.50. The first kappa shape index (κ1) is 12.0. The zero-order valence-corrected chi connectivity index (χ0v) is 9.21. The summed E-state index contributed by atoms with van der Waals surface area (Å²) in [5.41, 5.74) is 0. The van der Waals surface area contributed by atoms with Gasteiger partial charge in [-0.3, -0.25) is 8.98 Å². The van der Waals surface area contributed by atoms with Crippen LogP contribution in [0, 0.1) is 18.3 Å². The van der Waals surface area contributed by atoms with E-state index in [9.17, 15) is 13.2 Å². The molecule has 0 aromatic rings. The third-order valence-corrected chi connectivity index (χ3v) is 3.63. The number of hydrogen-bond donors (Lipinski definition) is 1. The summed E-state index contributed by atoms with van der Waals surface area (Å²) in [7, 11) is -2.43. The molecule has 0 bridgehead atoms. The molecule has 0 saturated carbocycles. The van der Waals surface area contributed by atoms with Crippen LogP contribution < -0.4 is 5.32 Å². The van der Waals surface area contributed by atoms with E-state index < -0.39 is 10.1 Å². The second-order valence-corrected chi connectivity index (χ2v) is 5.22. The summed E-state index contributed by atoms with van der Waals surface area (Å²) in [4.78, 5) is 11.3. The molecule has 15 heavy (non-hydrogen) atoms. The van der Waals surface area contributed by atoms with Crippen molar-refractivity contribution in [2.75, 3.05) is 12.9 Å². The van der Waals surface area contributed by atoms with Crippen molar-refractivity contribution in [1.29, 1.82) is 0 Å². The SMILES string of the molecule is C#CC[C@H]1C[C@@H](CS(=O)(=O)OC)NC1=O. The Labute approximate surface area is 89.3 Å². The second-order valence-electron chi connectivity index (χ2n) is 3.44. The van der Waals surface area contributed by atoms with Gasteiger partial charge in [0.1, 0.15) is 0 Å². The molecule has 1 aliphatic rings. The Morgan fingerprint density at radius 2 is 2.33 bits per heavy atom. The summed E-state index contributed by atoms with van der Waals surface area (Å²) in [5.74, 6) is 1.75. The van der Waals surface area contributed by atoms with Gasteiger partial charge in [0.2, 0.25) is 5.91 Å². The van der Waals surface area contributed by atoms with Gasteiger partial charge in [0.25, 0.3) is 10.1 Å². The Balaban J connectivity index is 2.57. The average Bonchev–Trinajstić information content (AvgIpc) is 2.47. The Bertz CT molecular complexity index is 381. The van der Waals surface area contributed by atoms with Crippen molar-refractivity contribution in [2.24, 2.45) is 5.92 Å². The predicted molar refractivity (Wildman–Crippen MR) is 54.3 cm³/mol. The minimum atomic E-state index is -3.53. The lowest BCUT2D eigenvalue weighted by Crippen LogP contribution is -2.32. The van der Waals surface area contributed by atoms with Gasteiger partial charge in [-0.2, -0.15) is 8.42 Å². The molecule has 1 aliphatic heterocycles. The van der Waals surface area contributed by atoms with Crippen LogP contribution in [0.5, 0.6) is 0 Å². The molecular weight excluding hydrogens is 218 g/mol. The quantitative estimate of drug-likeness (QED) is 0.522. The second kappa shape index (κ2) is 4.64. The number of carbonyl (C=O) groups excluding carboxylic acids is 1. The van der Waals surface area contributed by atoms with Gasteiger partial charge in [0, 0.05) is 12.5 Å². The monoisotopic (exact) mass is 231 g/mol. The van der Waals surface area contributed by atoms with Crippen molar-refractivity contribution in [3.8, 4) is 12.3 Å². The van der Waals surface area contributed by atoms with Gasteiger partial charge in [-0.25, -0.2) is 0 Å². The minimum absolute atomic E-state index is 0.177. The fraction of sp³-hybridized carbons (Fsp3) is 0.667. The number of nitrogens with one attached hydrogen (secondary N) is 1. The fourth-order valence-corrected chi connectivity index (χ4v) is 2.42. The van der Waals surface area contributed by atoms with E-state index in [2.05, 4.69) is 15.4 Å². The van der Waals surface area contributed by atoms with E-state index >= 15 is 0 Å². The molecule has 6 heteroatoms. The maximum atomic E-state index is 11.3. The standard InChI is InChI=1S/C9H13NO4S/c1-3-4-7-5-8(10-9(7)11)6-15(12,13)14-2/h1,7-8H,4-6H2,2H3,(H,10,11)/t7-,8-/m0/s1. The first-order valence-corrected chi connectivity index (χ1v) is 6.08. The molecule has 0 aromatic heterocycles. The van der Waals surface area contributed by atoms with Crippen LogP contribution in [-0.2, 0) is 19.1 Å². The Hall–Kier alpha value is -1.06. The van der Waals surface area contributed by atoms with Crippen LogP contribution in [0.25, 0.3) is 0 Å². The highest BCUT2D eigenvalue weighted by molar-refractivity contribution is 7.86. The lowest BCUT2D eigenvalue weighted by Gasteiger charge is -2.08. The smallest absolute Gasteiger partial charge is 0.269 e. The average molecular weight is 231 g/mol. The Morgan fingerprint density at radius 3 is 2.87 bits per heavy atom. The van der Waals surface area contributed by atoms with Crippen LogP contribution in [0.1, 0.15) is 12.8 Å². The van der Waals surface area contributed by atoms with E-state index in [1.165, 1.54) is 0 Å². The Morgan fingerprint density at radius 1 is 1.67 bits per heavy atom. The first-order chi connectivity index (χ1) is 6.98. The Kier molecular flexibility index (Phi) is 3.72. The molecule has 2 atom stereocenters. The predicted octanol–water partition coefficient (Wildman–Crippen LogP) is -0.509. The molecule has 0 radical (unpaired) electrons. The lowest BCUT2D eigenvalue weighted by molar-refractivity contribution is -0.122. The summed E-state index contributed by atoms with van der Waals surface area (Å²) in [6, 6.07) is -0.388. The van der Waals surface area contributed by atoms with E-state index in [-0.39, 0.29) is 23.6 Å². The molecular formula is C9H13NO4S. The lowest BCUT2D eigenvalue weighted by atomic mass is 10.0. The molecule has 1 heterocycles. The molecule has 5 nitrogen and oxygen atoms in total. The van der Waals surface area contributed by atoms with Gasteiger partial charge in [0.15, 0.2) is 0 Å². The number of carbonyl (C=O) groups is 1. The van der Waals surface area contributed by atoms with Gasteiger partial charge < -0.3 is 5.32 Å². The number of amides is 1. The van der Waals surface area contributed by atoms with Crippen LogP contribution in [0.3, 0.4) is 0 Å².